The number of nitrogens with zero attached hydrogens (tertiary/aromatic N) is 8. The highest BCUT2D eigenvalue weighted by Crippen LogP contribution is 2.30. The van der Waals surface area contributed by atoms with Crippen molar-refractivity contribution >= 4 is 22.9 Å². The normalized spacial score (nSPS) is 17.5. The lowest BCUT2D eigenvalue weighted by molar-refractivity contribution is 0.104. The van der Waals surface area contributed by atoms with Gasteiger partial charge in [-0.15, -0.1) is 0 Å². The number of ether oxygens (including phenoxy) is 1. The third-order valence-corrected chi connectivity index (χ3v) is 7.53. The van der Waals surface area contributed by atoms with E-state index in [9.17, 15) is 0 Å². The highest BCUT2D eigenvalue weighted by molar-refractivity contribution is 5.92. The molecular weight excluding hydrogens is 478 g/mol. The molecule has 0 aliphatic carbocycles. The Morgan fingerprint density at radius 3 is 2.29 bits per heavy atom. The van der Waals surface area contributed by atoms with E-state index < -0.39 is 0 Å². The Balaban J connectivity index is 1.30. The number of rotatable bonds is 6. The molecule has 2 aliphatic rings. The number of anilines is 2. The first kappa shape index (κ1) is 24.7. The summed E-state index contributed by atoms with van der Waals surface area (Å²) in [5, 5.41) is 0.947. The molecule has 6 rings (SSSR count). The van der Waals surface area contributed by atoms with E-state index in [0.29, 0.717) is 25.2 Å². The van der Waals surface area contributed by atoms with Crippen molar-refractivity contribution in [3.8, 4) is 16.9 Å². The van der Waals surface area contributed by atoms with Crippen molar-refractivity contribution in [3.05, 3.63) is 54.5 Å². The Labute approximate surface area is 223 Å². The second kappa shape index (κ2) is 10.6. The minimum Gasteiger partial charge on any atom is -0.378 e. The molecule has 10 heteroatoms. The van der Waals surface area contributed by atoms with E-state index in [2.05, 4.69) is 79.6 Å². The third-order valence-electron chi connectivity index (χ3n) is 7.53. The molecule has 0 amide bonds. The number of nitrogens with two attached hydrogens (primary N) is 1. The molecule has 0 unspecified atom stereocenters. The van der Waals surface area contributed by atoms with E-state index in [-0.39, 0.29) is 5.95 Å². The Kier molecular flexibility index (Phi) is 6.92. The number of morpholine rings is 1. The number of aromatic nitrogens is 5. The maximum Gasteiger partial charge on any atom is 0.228 e. The van der Waals surface area contributed by atoms with Crippen LogP contribution in [0, 0.1) is 0 Å². The molecule has 2 fully saturated rings. The van der Waals surface area contributed by atoms with Crippen LogP contribution in [0.5, 0.6) is 0 Å². The fraction of sp³-hybridized carbons (Fsp3) is 0.429. The number of piperazine rings is 1. The molecule has 3 aromatic heterocycles. The molecule has 2 saturated heterocycles. The quantitative estimate of drug-likeness (QED) is 0.417. The van der Waals surface area contributed by atoms with Gasteiger partial charge < -0.3 is 19.9 Å². The van der Waals surface area contributed by atoms with Gasteiger partial charge in [-0.25, -0.2) is 15.0 Å². The summed E-state index contributed by atoms with van der Waals surface area (Å²) in [6.45, 7) is 12.9. The fourth-order valence-electron chi connectivity index (χ4n) is 5.25. The topological polar surface area (TPSA) is 101 Å². The summed E-state index contributed by atoms with van der Waals surface area (Å²) in [5.41, 5.74) is 10.6. The van der Waals surface area contributed by atoms with Crippen molar-refractivity contribution in [1.29, 1.82) is 0 Å². The van der Waals surface area contributed by atoms with Gasteiger partial charge in [0.25, 0.3) is 0 Å². The van der Waals surface area contributed by atoms with Crippen LogP contribution in [0.1, 0.15) is 19.4 Å². The summed E-state index contributed by atoms with van der Waals surface area (Å²) in [4.78, 5) is 25.6. The highest BCUT2D eigenvalue weighted by atomic mass is 16.5. The van der Waals surface area contributed by atoms with Crippen molar-refractivity contribution in [1.82, 2.24) is 34.3 Å². The Morgan fingerprint density at radius 2 is 1.61 bits per heavy atom. The molecule has 0 atom stereocenters. The first-order chi connectivity index (χ1) is 18.5. The number of benzene rings is 1. The van der Waals surface area contributed by atoms with Gasteiger partial charge in [0, 0.05) is 87.1 Å². The molecule has 38 heavy (non-hydrogen) atoms. The summed E-state index contributed by atoms with van der Waals surface area (Å²) >= 11 is 0. The van der Waals surface area contributed by atoms with Crippen LogP contribution in [0.3, 0.4) is 0 Å². The SMILES string of the molecule is CC(C)N1CCN(Cc2ccc(-n3ccc4c(-c5cnc(N)nc5)nc(N5CCOCC5)nc43)cc2)CC1. The van der Waals surface area contributed by atoms with E-state index in [0.717, 1.165) is 73.8 Å². The van der Waals surface area contributed by atoms with E-state index in [1.807, 2.05) is 0 Å². The lowest BCUT2D eigenvalue weighted by Gasteiger charge is -2.36. The molecule has 0 spiro atoms. The highest BCUT2D eigenvalue weighted by Gasteiger charge is 2.21. The summed E-state index contributed by atoms with van der Waals surface area (Å²) in [6, 6.07) is 11.5. The zero-order valence-corrected chi connectivity index (χ0v) is 22.1. The molecule has 4 aromatic rings. The number of hydrogen-bond donors (Lipinski definition) is 1. The molecule has 1 aromatic carbocycles. The summed E-state index contributed by atoms with van der Waals surface area (Å²) in [5.74, 6) is 0.927. The van der Waals surface area contributed by atoms with Crippen LogP contribution in [-0.4, -0.2) is 92.8 Å². The molecule has 0 saturated carbocycles. The lowest BCUT2D eigenvalue weighted by atomic mass is 10.1. The minimum absolute atomic E-state index is 0.243. The zero-order chi connectivity index (χ0) is 26.1. The molecule has 2 aliphatic heterocycles. The number of nitrogen functional groups attached to an aromatic ring is 1. The fourth-order valence-corrected chi connectivity index (χ4v) is 5.25. The first-order valence-electron chi connectivity index (χ1n) is 13.4. The summed E-state index contributed by atoms with van der Waals surface area (Å²) in [7, 11) is 0. The predicted molar refractivity (Wildman–Crippen MR) is 149 cm³/mol. The van der Waals surface area contributed by atoms with Gasteiger partial charge in [0.15, 0.2) is 5.65 Å². The van der Waals surface area contributed by atoms with E-state index in [1.165, 1.54) is 5.56 Å². The van der Waals surface area contributed by atoms with Gasteiger partial charge in [0.2, 0.25) is 11.9 Å². The second-order valence-corrected chi connectivity index (χ2v) is 10.3. The van der Waals surface area contributed by atoms with Crippen LogP contribution in [0.15, 0.2) is 48.9 Å². The molecule has 0 bridgehead atoms. The maximum absolute atomic E-state index is 5.75. The Bertz CT molecular complexity index is 1370. The molecule has 198 valence electrons. The number of hydrogen-bond acceptors (Lipinski definition) is 9. The van der Waals surface area contributed by atoms with Gasteiger partial charge in [0.05, 0.1) is 18.9 Å². The number of fused-ring (bicyclic) bond motifs is 1. The predicted octanol–water partition coefficient (Wildman–Crippen LogP) is 2.82. The average Bonchev–Trinajstić information content (AvgIpc) is 3.38. The van der Waals surface area contributed by atoms with Crippen LogP contribution < -0.4 is 10.6 Å². The van der Waals surface area contributed by atoms with Gasteiger partial charge in [-0.3, -0.25) is 9.80 Å². The third kappa shape index (κ3) is 5.07. The molecule has 2 N–H and O–H groups in total. The Hall–Kier alpha value is -3.60. The van der Waals surface area contributed by atoms with Crippen molar-refractivity contribution in [3.63, 3.8) is 0 Å². The maximum atomic E-state index is 5.75. The summed E-state index contributed by atoms with van der Waals surface area (Å²) < 4.78 is 7.69. The minimum atomic E-state index is 0.243. The standard InChI is InChI=1S/C28H35N9O/c1-20(2)35-11-9-34(10-12-35)19-21-3-5-23(6-4-21)37-8-7-24-25(22-17-30-27(29)31-18-22)32-28(33-26(24)37)36-13-15-38-16-14-36/h3-8,17-18,20H,9-16,19H2,1-2H3,(H2,29,30,31). The van der Waals surface area contributed by atoms with Gasteiger partial charge in [-0.2, -0.15) is 4.98 Å². The lowest BCUT2D eigenvalue weighted by Crippen LogP contribution is -2.48. The molecule has 5 heterocycles. The van der Waals surface area contributed by atoms with Crippen LogP contribution >= 0.6 is 0 Å². The largest absolute Gasteiger partial charge is 0.378 e. The van der Waals surface area contributed by atoms with Gasteiger partial charge in [0.1, 0.15) is 0 Å². The first-order valence-corrected chi connectivity index (χ1v) is 13.4. The van der Waals surface area contributed by atoms with Crippen LogP contribution in [-0.2, 0) is 11.3 Å². The van der Waals surface area contributed by atoms with Crippen LogP contribution in [0.2, 0.25) is 0 Å². The Morgan fingerprint density at radius 1 is 0.895 bits per heavy atom. The van der Waals surface area contributed by atoms with Gasteiger partial charge >= 0.3 is 0 Å². The molecular formula is C28H35N9O. The van der Waals surface area contributed by atoms with E-state index in [4.69, 9.17) is 20.4 Å². The van der Waals surface area contributed by atoms with Crippen molar-refractivity contribution in [2.24, 2.45) is 0 Å². The zero-order valence-electron chi connectivity index (χ0n) is 22.1. The molecule has 0 radical (unpaired) electrons. The second-order valence-electron chi connectivity index (χ2n) is 10.3. The van der Waals surface area contributed by atoms with Crippen molar-refractivity contribution in [2.75, 3.05) is 63.1 Å². The smallest absolute Gasteiger partial charge is 0.228 e. The monoisotopic (exact) mass is 513 g/mol. The van der Waals surface area contributed by atoms with Crippen molar-refractivity contribution < 1.29 is 4.74 Å². The van der Waals surface area contributed by atoms with E-state index >= 15 is 0 Å². The molecule has 10 nitrogen and oxygen atoms in total. The van der Waals surface area contributed by atoms with Crippen molar-refractivity contribution in [2.45, 2.75) is 26.4 Å². The summed E-state index contributed by atoms with van der Waals surface area (Å²) in [6.07, 6.45) is 5.50. The average molecular weight is 514 g/mol. The van der Waals surface area contributed by atoms with Gasteiger partial charge in [-0.05, 0) is 37.6 Å². The van der Waals surface area contributed by atoms with E-state index in [1.54, 1.807) is 12.4 Å². The van der Waals surface area contributed by atoms with Crippen LogP contribution in [0.25, 0.3) is 28.0 Å². The van der Waals surface area contributed by atoms with Crippen LogP contribution in [0.4, 0.5) is 11.9 Å². The van der Waals surface area contributed by atoms with Gasteiger partial charge in [-0.1, -0.05) is 12.1 Å².